The third kappa shape index (κ3) is 6.75. The van der Waals surface area contributed by atoms with E-state index in [1.807, 2.05) is 5.38 Å². The first-order chi connectivity index (χ1) is 13.8. The van der Waals surface area contributed by atoms with Crippen molar-refractivity contribution in [2.45, 2.75) is 37.6 Å². The average molecular weight is 457 g/mol. The molecule has 0 unspecified atom stereocenters. The van der Waals surface area contributed by atoms with Crippen LogP contribution in [-0.2, 0) is 21.4 Å². The third-order valence-electron chi connectivity index (χ3n) is 4.81. The van der Waals surface area contributed by atoms with Crippen LogP contribution in [0.3, 0.4) is 0 Å². The highest BCUT2D eigenvalue weighted by Crippen LogP contribution is 2.21. The number of nitrogens with one attached hydrogen (secondary N) is 2. The van der Waals surface area contributed by atoms with E-state index in [4.69, 9.17) is 11.6 Å². The van der Waals surface area contributed by atoms with Crippen molar-refractivity contribution in [3.05, 3.63) is 40.4 Å². The summed E-state index contributed by atoms with van der Waals surface area (Å²) in [6, 6.07) is 5.98. The van der Waals surface area contributed by atoms with Gasteiger partial charge in [-0.15, -0.1) is 11.3 Å². The van der Waals surface area contributed by atoms with Gasteiger partial charge in [-0.2, -0.15) is 0 Å². The normalized spacial score (nSPS) is 16.1. The summed E-state index contributed by atoms with van der Waals surface area (Å²) >= 11 is 7.21. The number of halogens is 1. The number of hydrogen-bond donors (Lipinski definition) is 2. The Labute approximate surface area is 180 Å². The zero-order chi connectivity index (χ0) is 20.9. The van der Waals surface area contributed by atoms with Crippen molar-refractivity contribution >= 4 is 44.0 Å². The Kier molecular flexibility index (Phi) is 7.64. The van der Waals surface area contributed by atoms with Crippen molar-refractivity contribution in [2.75, 3.05) is 25.0 Å². The number of aromatic nitrogens is 1. The van der Waals surface area contributed by atoms with Crippen LogP contribution in [0.15, 0.2) is 34.5 Å². The first-order valence-corrected chi connectivity index (χ1v) is 12.3. The Morgan fingerprint density at radius 1 is 1.34 bits per heavy atom. The van der Waals surface area contributed by atoms with Crippen LogP contribution in [0, 0.1) is 5.92 Å². The van der Waals surface area contributed by atoms with Crippen molar-refractivity contribution in [1.29, 1.82) is 0 Å². The highest BCUT2D eigenvalue weighted by Gasteiger charge is 2.18. The van der Waals surface area contributed by atoms with Gasteiger partial charge < -0.3 is 5.32 Å². The largest absolute Gasteiger partial charge is 0.302 e. The molecule has 1 aliphatic rings. The second kappa shape index (κ2) is 9.99. The molecule has 0 atom stereocenters. The Balaban J connectivity index is 1.43. The molecule has 1 aromatic heterocycles. The van der Waals surface area contributed by atoms with E-state index in [0.29, 0.717) is 10.2 Å². The zero-order valence-corrected chi connectivity index (χ0v) is 18.6. The summed E-state index contributed by atoms with van der Waals surface area (Å²) in [4.78, 5) is 19.0. The van der Waals surface area contributed by atoms with E-state index in [9.17, 15) is 13.2 Å². The number of likely N-dealkylation sites (tertiary alicyclic amines) is 1. The van der Waals surface area contributed by atoms with E-state index >= 15 is 0 Å². The number of hydrogen-bond acceptors (Lipinski definition) is 6. The molecule has 1 aliphatic heterocycles. The van der Waals surface area contributed by atoms with Gasteiger partial charge in [0.15, 0.2) is 5.13 Å². The molecule has 7 nitrogen and oxygen atoms in total. The molecule has 0 aliphatic carbocycles. The van der Waals surface area contributed by atoms with Crippen LogP contribution in [0.1, 0.15) is 31.9 Å². The first kappa shape index (κ1) is 22.2. The Bertz CT molecular complexity index is 940. The fourth-order valence-electron chi connectivity index (χ4n) is 3.08. The van der Waals surface area contributed by atoms with Crippen molar-refractivity contribution in [3.63, 3.8) is 0 Å². The number of thiazole rings is 1. The van der Waals surface area contributed by atoms with Crippen molar-refractivity contribution in [1.82, 2.24) is 14.6 Å². The molecule has 0 saturated carbocycles. The van der Waals surface area contributed by atoms with Gasteiger partial charge in [0.25, 0.3) is 0 Å². The monoisotopic (exact) mass is 456 g/mol. The molecular formula is C19H25ClN4O3S2. The van der Waals surface area contributed by atoms with Crippen LogP contribution in [0.2, 0.25) is 5.02 Å². The number of benzene rings is 1. The molecule has 1 fully saturated rings. The predicted octanol–water partition coefficient (Wildman–Crippen LogP) is 3.34. The molecule has 0 radical (unpaired) electrons. The van der Waals surface area contributed by atoms with E-state index in [-0.39, 0.29) is 23.8 Å². The maximum absolute atomic E-state index is 12.2. The molecule has 10 heteroatoms. The van der Waals surface area contributed by atoms with E-state index in [1.165, 1.54) is 36.3 Å². The Hall–Kier alpha value is -1.52. The van der Waals surface area contributed by atoms with E-state index in [2.05, 4.69) is 26.8 Å². The molecule has 1 saturated heterocycles. The van der Waals surface area contributed by atoms with Gasteiger partial charge in [-0.25, -0.2) is 18.1 Å². The van der Waals surface area contributed by atoms with Crippen LogP contribution >= 0.6 is 22.9 Å². The fraction of sp³-hybridized carbons (Fsp3) is 0.474. The van der Waals surface area contributed by atoms with Crippen molar-refractivity contribution in [2.24, 2.45) is 5.92 Å². The molecule has 0 bridgehead atoms. The van der Waals surface area contributed by atoms with Gasteiger partial charge in [-0.3, -0.25) is 9.69 Å². The lowest BCUT2D eigenvalue weighted by Crippen LogP contribution is -2.32. The summed E-state index contributed by atoms with van der Waals surface area (Å²) in [5, 5.41) is 5.56. The number of piperidine rings is 1. The molecule has 0 spiro atoms. The molecule has 2 heterocycles. The van der Waals surface area contributed by atoms with E-state index in [1.54, 1.807) is 12.1 Å². The van der Waals surface area contributed by atoms with Crippen LogP contribution in [0.25, 0.3) is 0 Å². The second-order valence-electron chi connectivity index (χ2n) is 7.26. The minimum atomic E-state index is -3.70. The predicted molar refractivity (Wildman–Crippen MR) is 116 cm³/mol. The number of anilines is 1. The molecule has 29 heavy (non-hydrogen) atoms. The number of carbonyl (C=O) groups excluding carboxylic acids is 1. The number of amides is 1. The molecular weight excluding hydrogens is 432 g/mol. The summed E-state index contributed by atoms with van der Waals surface area (Å²) in [7, 11) is -3.70. The summed E-state index contributed by atoms with van der Waals surface area (Å²) < 4.78 is 26.9. The van der Waals surface area contributed by atoms with Crippen LogP contribution in [-0.4, -0.2) is 43.8 Å². The summed E-state index contributed by atoms with van der Waals surface area (Å²) in [5.41, 5.74) is 0.946. The lowest BCUT2D eigenvalue weighted by molar-refractivity contribution is -0.116. The van der Waals surface area contributed by atoms with E-state index in [0.717, 1.165) is 31.2 Å². The maximum atomic E-state index is 12.2. The van der Waals surface area contributed by atoms with Crippen LogP contribution in [0.5, 0.6) is 0 Å². The molecule has 2 aromatic rings. The summed E-state index contributed by atoms with van der Waals surface area (Å²) in [5.74, 6) is 0.499. The number of carbonyl (C=O) groups is 1. The first-order valence-electron chi connectivity index (χ1n) is 9.53. The zero-order valence-electron chi connectivity index (χ0n) is 16.2. The van der Waals surface area contributed by atoms with Gasteiger partial charge >= 0.3 is 0 Å². The van der Waals surface area contributed by atoms with Gasteiger partial charge in [-0.1, -0.05) is 24.6 Å². The molecule has 2 N–H and O–H groups in total. The minimum absolute atomic E-state index is 0.00905. The minimum Gasteiger partial charge on any atom is -0.302 e. The SMILES string of the molecule is CC1CCN(Cc2csc(NC(=O)CCNS(=O)(=O)c3cccc(Cl)c3)n2)CC1. The number of nitrogens with zero attached hydrogens (tertiary/aromatic N) is 2. The molecule has 1 aromatic carbocycles. The van der Waals surface area contributed by atoms with Crippen LogP contribution in [0.4, 0.5) is 5.13 Å². The lowest BCUT2D eigenvalue weighted by atomic mass is 9.99. The van der Waals surface area contributed by atoms with E-state index < -0.39 is 10.0 Å². The van der Waals surface area contributed by atoms with Crippen molar-refractivity contribution in [3.8, 4) is 0 Å². The topological polar surface area (TPSA) is 91.4 Å². The van der Waals surface area contributed by atoms with Gasteiger partial charge in [0.2, 0.25) is 15.9 Å². The molecule has 3 rings (SSSR count). The number of sulfonamides is 1. The summed E-state index contributed by atoms with van der Waals surface area (Å²) in [6.45, 7) is 5.21. The maximum Gasteiger partial charge on any atom is 0.240 e. The Morgan fingerprint density at radius 3 is 2.83 bits per heavy atom. The standard InChI is InChI=1S/C19H25ClN4O3S2/c1-14-6-9-24(10-7-14)12-16-13-28-19(22-16)23-18(25)5-8-21-29(26,27)17-4-2-3-15(20)11-17/h2-4,11,13-14,21H,5-10,12H2,1H3,(H,22,23,25). The smallest absolute Gasteiger partial charge is 0.240 e. The number of rotatable bonds is 8. The lowest BCUT2D eigenvalue weighted by Gasteiger charge is -2.29. The van der Waals surface area contributed by atoms with Gasteiger partial charge in [0.1, 0.15) is 0 Å². The third-order valence-corrected chi connectivity index (χ3v) is 7.31. The average Bonchev–Trinajstić information content (AvgIpc) is 3.10. The fourth-order valence-corrected chi connectivity index (χ4v) is 5.13. The summed E-state index contributed by atoms with van der Waals surface area (Å²) in [6.07, 6.45) is 2.43. The van der Waals surface area contributed by atoms with Crippen LogP contribution < -0.4 is 10.0 Å². The quantitative estimate of drug-likeness (QED) is 0.635. The van der Waals surface area contributed by atoms with Gasteiger partial charge in [0.05, 0.1) is 10.6 Å². The molecule has 1 amide bonds. The second-order valence-corrected chi connectivity index (χ2v) is 10.3. The van der Waals surface area contributed by atoms with Crippen molar-refractivity contribution < 1.29 is 13.2 Å². The highest BCUT2D eigenvalue weighted by molar-refractivity contribution is 7.89. The van der Waals surface area contributed by atoms with Gasteiger partial charge in [-0.05, 0) is 50.0 Å². The molecule has 158 valence electrons. The highest BCUT2D eigenvalue weighted by atomic mass is 35.5. The Morgan fingerprint density at radius 2 is 2.10 bits per heavy atom. The van der Waals surface area contributed by atoms with Gasteiger partial charge in [0, 0.05) is 29.9 Å².